The maximum atomic E-state index is 12.5. The minimum absolute atomic E-state index is 0.248. The highest BCUT2D eigenvalue weighted by Gasteiger charge is 2.13. The molecule has 9 heteroatoms. The van der Waals surface area contributed by atoms with Crippen molar-refractivity contribution in [3.63, 3.8) is 0 Å². The monoisotopic (exact) mass is 444 g/mol. The number of pyridine rings is 1. The Morgan fingerprint density at radius 1 is 1.07 bits per heavy atom. The number of nitrogens with zero attached hydrogens (tertiary/aromatic N) is 2. The van der Waals surface area contributed by atoms with Gasteiger partial charge in [0.25, 0.3) is 11.8 Å². The SMILES string of the molecule is O=C(NCc1cn2cc(Cl)ccc2n1)c1ccc(Cl)c(NC(=O)c2cccs2)c1. The van der Waals surface area contributed by atoms with Gasteiger partial charge >= 0.3 is 0 Å². The van der Waals surface area contributed by atoms with E-state index in [9.17, 15) is 9.59 Å². The molecule has 0 atom stereocenters. The Labute approximate surface area is 180 Å². The number of anilines is 1. The van der Waals surface area contributed by atoms with E-state index in [0.717, 1.165) is 5.65 Å². The van der Waals surface area contributed by atoms with E-state index in [1.807, 2.05) is 5.38 Å². The van der Waals surface area contributed by atoms with Gasteiger partial charge in [0, 0.05) is 18.0 Å². The Morgan fingerprint density at radius 3 is 2.72 bits per heavy atom. The van der Waals surface area contributed by atoms with Gasteiger partial charge in [-0.1, -0.05) is 29.3 Å². The molecule has 0 spiro atoms. The van der Waals surface area contributed by atoms with Gasteiger partial charge < -0.3 is 15.0 Å². The Balaban J connectivity index is 1.45. The van der Waals surface area contributed by atoms with Gasteiger partial charge in [-0.05, 0) is 41.8 Å². The fourth-order valence-electron chi connectivity index (χ4n) is 2.73. The average Bonchev–Trinajstić information content (AvgIpc) is 3.37. The van der Waals surface area contributed by atoms with Crippen LogP contribution in [0.4, 0.5) is 5.69 Å². The number of rotatable bonds is 5. The highest BCUT2D eigenvalue weighted by atomic mass is 35.5. The number of carbonyl (C=O) groups excluding carboxylic acids is 2. The van der Waals surface area contributed by atoms with Gasteiger partial charge in [-0.3, -0.25) is 9.59 Å². The van der Waals surface area contributed by atoms with E-state index in [2.05, 4.69) is 15.6 Å². The lowest BCUT2D eigenvalue weighted by atomic mass is 10.2. The zero-order valence-electron chi connectivity index (χ0n) is 14.9. The van der Waals surface area contributed by atoms with Crippen LogP contribution in [0.25, 0.3) is 5.65 Å². The van der Waals surface area contributed by atoms with Crippen molar-refractivity contribution in [1.29, 1.82) is 0 Å². The number of benzene rings is 1. The molecule has 1 aromatic carbocycles. The summed E-state index contributed by atoms with van der Waals surface area (Å²) in [6.07, 6.45) is 3.55. The quantitative estimate of drug-likeness (QED) is 0.460. The van der Waals surface area contributed by atoms with Crippen LogP contribution in [0.5, 0.6) is 0 Å². The maximum absolute atomic E-state index is 12.5. The second kappa shape index (κ2) is 8.24. The van der Waals surface area contributed by atoms with E-state index < -0.39 is 0 Å². The number of fused-ring (bicyclic) bond motifs is 1. The van der Waals surface area contributed by atoms with Crippen LogP contribution >= 0.6 is 34.5 Å². The average molecular weight is 445 g/mol. The molecule has 4 aromatic rings. The van der Waals surface area contributed by atoms with Crippen molar-refractivity contribution >= 4 is 57.7 Å². The summed E-state index contributed by atoms with van der Waals surface area (Å²) >= 11 is 13.5. The number of hydrogen-bond donors (Lipinski definition) is 2. The molecule has 2 amide bonds. The molecule has 0 fully saturated rings. The van der Waals surface area contributed by atoms with Crippen molar-refractivity contribution in [2.24, 2.45) is 0 Å². The van der Waals surface area contributed by atoms with E-state index >= 15 is 0 Å². The third kappa shape index (κ3) is 4.42. The van der Waals surface area contributed by atoms with E-state index in [1.165, 1.54) is 11.3 Å². The van der Waals surface area contributed by atoms with Gasteiger partial charge in [-0.15, -0.1) is 11.3 Å². The molecule has 0 radical (unpaired) electrons. The minimum atomic E-state index is -0.302. The lowest BCUT2D eigenvalue weighted by molar-refractivity contribution is 0.0949. The zero-order valence-corrected chi connectivity index (χ0v) is 17.2. The van der Waals surface area contributed by atoms with Crippen LogP contribution in [0.2, 0.25) is 10.0 Å². The third-order valence-corrected chi connectivity index (χ3v) is 5.54. The predicted molar refractivity (Wildman–Crippen MR) is 115 cm³/mol. The molecule has 0 bridgehead atoms. The summed E-state index contributed by atoms with van der Waals surface area (Å²) in [5.74, 6) is -0.578. The van der Waals surface area contributed by atoms with E-state index in [1.54, 1.807) is 59.3 Å². The van der Waals surface area contributed by atoms with Gasteiger partial charge in [-0.25, -0.2) is 4.98 Å². The molecule has 0 saturated carbocycles. The second-order valence-electron chi connectivity index (χ2n) is 6.15. The van der Waals surface area contributed by atoms with Crippen LogP contribution in [-0.2, 0) is 6.54 Å². The molecular weight excluding hydrogens is 431 g/mol. The van der Waals surface area contributed by atoms with Crippen molar-refractivity contribution in [2.45, 2.75) is 6.54 Å². The Morgan fingerprint density at radius 2 is 1.93 bits per heavy atom. The van der Waals surface area contributed by atoms with Crippen LogP contribution in [0.3, 0.4) is 0 Å². The maximum Gasteiger partial charge on any atom is 0.265 e. The lowest BCUT2D eigenvalue weighted by Crippen LogP contribution is -2.23. The zero-order chi connectivity index (χ0) is 20.4. The molecule has 2 N–H and O–H groups in total. The van der Waals surface area contributed by atoms with Crippen molar-refractivity contribution in [3.8, 4) is 0 Å². The second-order valence-corrected chi connectivity index (χ2v) is 7.95. The number of nitrogens with one attached hydrogen (secondary N) is 2. The first-order valence-corrected chi connectivity index (χ1v) is 10.2. The number of amides is 2. The largest absolute Gasteiger partial charge is 0.346 e. The molecular formula is C20H14Cl2N4O2S. The molecule has 3 heterocycles. The molecule has 0 unspecified atom stereocenters. The molecule has 0 aliphatic rings. The topological polar surface area (TPSA) is 75.5 Å². The first kappa shape index (κ1) is 19.4. The van der Waals surface area contributed by atoms with Crippen LogP contribution in [-0.4, -0.2) is 21.2 Å². The first-order chi connectivity index (χ1) is 14.0. The van der Waals surface area contributed by atoms with Gasteiger partial charge in [0.05, 0.1) is 32.8 Å². The molecule has 3 aromatic heterocycles. The van der Waals surface area contributed by atoms with Crippen LogP contribution < -0.4 is 10.6 Å². The van der Waals surface area contributed by atoms with Crippen LogP contribution in [0.15, 0.2) is 60.2 Å². The third-order valence-electron chi connectivity index (χ3n) is 4.12. The van der Waals surface area contributed by atoms with Crippen LogP contribution in [0, 0.1) is 0 Å². The van der Waals surface area contributed by atoms with E-state index in [0.29, 0.717) is 31.9 Å². The summed E-state index contributed by atoms with van der Waals surface area (Å²) in [5, 5.41) is 8.32. The van der Waals surface area contributed by atoms with Crippen molar-refractivity contribution in [1.82, 2.24) is 14.7 Å². The van der Waals surface area contributed by atoms with Crippen LogP contribution in [0.1, 0.15) is 25.7 Å². The Hall–Kier alpha value is -2.87. The standard InChI is InChI=1S/C20H14Cl2N4O2S/c21-13-4-6-18-24-14(11-26(18)10-13)9-23-19(27)12-3-5-15(22)16(8-12)25-20(28)17-2-1-7-29-17/h1-8,10-11H,9H2,(H,23,27)(H,25,28). The number of aromatic nitrogens is 2. The summed E-state index contributed by atoms with van der Waals surface area (Å²) in [5.41, 5.74) is 2.19. The lowest BCUT2D eigenvalue weighted by Gasteiger charge is -2.09. The van der Waals surface area contributed by atoms with Gasteiger partial charge in [0.15, 0.2) is 0 Å². The van der Waals surface area contributed by atoms with Gasteiger partial charge in [0.1, 0.15) is 5.65 Å². The Kier molecular flexibility index (Phi) is 5.53. The predicted octanol–water partition coefficient (Wildman–Crippen LogP) is 4.88. The molecule has 0 aliphatic carbocycles. The summed E-state index contributed by atoms with van der Waals surface area (Å²) < 4.78 is 1.80. The number of hydrogen-bond acceptors (Lipinski definition) is 4. The smallest absolute Gasteiger partial charge is 0.265 e. The van der Waals surface area contributed by atoms with Crippen molar-refractivity contribution in [3.05, 3.63) is 86.4 Å². The molecule has 6 nitrogen and oxygen atoms in total. The number of carbonyl (C=O) groups is 2. The summed E-state index contributed by atoms with van der Waals surface area (Å²) in [6.45, 7) is 0.248. The number of halogens is 2. The molecule has 0 aliphatic heterocycles. The molecule has 29 heavy (non-hydrogen) atoms. The van der Waals surface area contributed by atoms with Gasteiger partial charge in [-0.2, -0.15) is 0 Å². The first-order valence-electron chi connectivity index (χ1n) is 8.55. The summed E-state index contributed by atoms with van der Waals surface area (Å²) in [7, 11) is 0. The van der Waals surface area contributed by atoms with Crippen molar-refractivity contribution < 1.29 is 9.59 Å². The van der Waals surface area contributed by atoms with E-state index in [4.69, 9.17) is 23.2 Å². The van der Waals surface area contributed by atoms with Gasteiger partial charge in [0.2, 0.25) is 0 Å². The summed E-state index contributed by atoms with van der Waals surface area (Å²) in [4.78, 5) is 29.8. The minimum Gasteiger partial charge on any atom is -0.346 e. The number of thiophene rings is 1. The fourth-order valence-corrected chi connectivity index (χ4v) is 3.68. The molecule has 0 saturated heterocycles. The van der Waals surface area contributed by atoms with E-state index in [-0.39, 0.29) is 18.4 Å². The Bertz CT molecular complexity index is 1200. The fraction of sp³-hybridized carbons (Fsp3) is 0.0500. The van der Waals surface area contributed by atoms with Crippen molar-refractivity contribution in [2.75, 3.05) is 5.32 Å². The number of imidazole rings is 1. The molecule has 146 valence electrons. The highest BCUT2D eigenvalue weighted by Crippen LogP contribution is 2.24. The normalized spacial score (nSPS) is 10.8. The summed E-state index contributed by atoms with van der Waals surface area (Å²) in [6, 6.07) is 11.8. The molecule has 4 rings (SSSR count). The highest BCUT2D eigenvalue weighted by molar-refractivity contribution is 7.12.